The Balaban J connectivity index is 1.56. The number of hydrogen-bond acceptors (Lipinski definition) is 5. The smallest absolute Gasteiger partial charge is 0.337 e. The van der Waals surface area contributed by atoms with E-state index in [4.69, 9.17) is 27.9 Å². The van der Waals surface area contributed by atoms with Gasteiger partial charge in [-0.1, -0.05) is 30.1 Å². The number of nitrogens with zero attached hydrogens (tertiary/aromatic N) is 3. The van der Waals surface area contributed by atoms with Crippen molar-refractivity contribution in [2.24, 2.45) is 0 Å². The van der Waals surface area contributed by atoms with Crippen LogP contribution < -0.4 is 10.1 Å². The number of aromatic nitrogens is 3. The number of fused-ring (bicyclic) bond motifs is 1. The standard InChI is InChI=1S/C25H24Cl2N4O3/c1-4-15-10-16(11-19(27)23(15)25(32)33)20-12-22(30-13-29-20)28-7-8-31-14(2)9-17-21(34-3)6-5-18(26)24(17)31/h5-6,9-13H,4,7-8H2,1-3H3,(H,32,33)(H,28,29,30). The quantitative estimate of drug-likeness (QED) is 0.305. The summed E-state index contributed by atoms with van der Waals surface area (Å²) in [5.41, 5.74) is 4.19. The number of halogens is 2. The van der Waals surface area contributed by atoms with Crippen molar-refractivity contribution in [1.29, 1.82) is 0 Å². The zero-order valence-corrected chi connectivity index (χ0v) is 20.5. The number of methoxy groups -OCH3 is 1. The maximum atomic E-state index is 11.5. The highest BCUT2D eigenvalue weighted by Crippen LogP contribution is 2.34. The Bertz CT molecular complexity index is 1380. The molecule has 0 amide bonds. The molecule has 0 spiro atoms. The Morgan fingerprint density at radius 1 is 1.15 bits per heavy atom. The number of anilines is 1. The summed E-state index contributed by atoms with van der Waals surface area (Å²) in [4.78, 5) is 20.2. The van der Waals surface area contributed by atoms with Gasteiger partial charge < -0.3 is 19.7 Å². The molecule has 4 aromatic rings. The van der Waals surface area contributed by atoms with Crippen molar-refractivity contribution < 1.29 is 14.6 Å². The van der Waals surface area contributed by atoms with Crippen molar-refractivity contribution in [3.8, 4) is 17.0 Å². The van der Waals surface area contributed by atoms with Crippen LogP contribution in [-0.2, 0) is 13.0 Å². The minimum absolute atomic E-state index is 0.130. The lowest BCUT2D eigenvalue weighted by atomic mass is 10.00. The maximum absolute atomic E-state index is 11.5. The summed E-state index contributed by atoms with van der Waals surface area (Å²) in [7, 11) is 1.65. The number of aryl methyl sites for hydroxylation is 2. The molecule has 2 heterocycles. The molecular formula is C25H24Cl2N4O3. The van der Waals surface area contributed by atoms with Gasteiger partial charge in [-0.05, 0) is 49.2 Å². The molecule has 0 saturated heterocycles. The highest BCUT2D eigenvalue weighted by molar-refractivity contribution is 6.35. The van der Waals surface area contributed by atoms with Crippen LogP contribution in [0, 0.1) is 6.92 Å². The number of nitrogens with one attached hydrogen (secondary N) is 1. The van der Waals surface area contributed by atoms with E-state index in [1.807, 2.05) is 38.1 Å². The van der Waals surface area contributed by atoms with E-state index in [1.54, 1.807) is 13.2 Å². The van der Waals surface area contributed by atoms with Gasteiger partial charge in [0.25, 0.3) is 0 Å². The molecule has 34 heavy (non-hydrogen) atoms. The van der Waals surface area contributed by atoms with Gasteiger partial charge in [0.05, 0.1) is 33.9 Å². The molecule has 2 N–H and O–H groups in total. The van der Waals surface area contributed by atoms with Gasteiger partial charge in [0.15, 0.2) is 0 Å². The Morgan fingerprint density at radius 3 is 2.65 bits per heavy atom. The zero-order chi connectivity index (χ0) is 24.4. The van der Waals surface area contributed by atoms with E-state index in [0.29, 0.717) is 41.6 Å². The van der Waals surface area contributed by atoms with Crippen LogP contribution in [0.25, 0.3) is 22.2 Å². The Morgan fingerprint density at radius 2 is 1.94 bits per heavy atom. The second-order valence-corrected chi connectivity index (χ2v) is 8.63. The SMILES string of the molecule is CCc1cc(-c2cc(NCCn3c(C)cc4c(OC)ccc(Cl)c43)ncn2)cc(Cl)c1C(=O)O. The first-order chi connectivity index (χ1) is 16.3. The summed E-state index contributed by atoms with van der Waals surface area (Å²) >= 11 is 12.8. The molecule has 0 unspecified atom stereocenters. The molecule has 0 aliphatic carbocycles. The van der Waals surface area contributed by atoms with Crippen molar-refractivity contribution in [1.82, 2.24) is 14.5 Å². The van der Waals surface area contributed by atoms with E-state index in [2.05, 4.69) is 25.9 Å². The first-order valence-electron chi connectivity index (χ1n) is 10.8. The highest BCUT2D eigenvalue weighted by atomic mass is 35.5. The van der Waals surface area contributed by atoms with Crippen molar-refractivity contribution in [2.45, 2.75) is 26.8 Å². The van der Waals surface area contributed by atoms with Crippen LogP contribution in [0.4, 0.5) is 5.82 Å². The third-order valence-electron chi connectivity index (χ3n) is 5.77. The third-order valence-corrected chi connectivity index (χ3v) is 6.37. The lowest BCUT2D eigenvalue weighted by molar-refractivity contribution is 0.0696. The topological polar surface area (TPSA) is 89.3 Å². The largest absolute Gasteiger partial charge is 0.496 e. The Labute approximate surface area is 207 Å². The van der Waals surface area contributed by atoms with Crippen LogP contribution in [0.5, 0.6) is 5.75 Å². The second-order valence-electron chi connectivity index (χ2n) is 7.82. The normalized spacial score (nSPS) is 11.1. The van der Waals surface area contributed by atoms with Crippen molar-refractivity contribution in [3.63, 3.8) is 0 Å². The van der Waals surface area contributed by atoms with Gasteiger partial charge in [0, 0.05) is 35.8 Å². The minimum atomic E-state index is -1.04. The number of benzene rings is 2. The van der Waals surface area contributed by atoms with E-state index in [9.17, 15) is 9.90 Å². The summed E-state index contributed by atoms with van der Waals surface area (Å²) in [5.74, 6) is 0.400. The van der Waals surface area contributed by atoms with Gasteiger partial charge in [0.2, 0.25) is 0 Å². The predicted octanol–water partition coefficient (Wildman–Crippen LogP) is 6.09. The van der Waals surface area contributed by atoms with Gasteiger partial charge >= 0.3 is 5.97 Å². The highest BCUT2D eigenvalue weighted by Gasteiger charge is 2.17. The minimum Gasteiger partial charge on any atom is -0.496 e. The van der Waals surface area contributed by atoms with Crippen LogP contribution in [0.3, 0.4) is 0 Å². The number of rotatable bonds is 8. The Kier molecular flexibility index (Phi) is 6.95. The molecule has 7 nitrogen and oxygen atoms in total. The van der Waals surface area contributed by atoms with E-state index >= 15 is 0 Å². The average molecular weight is 499 g/mol. The van der Waals surface area contributed by atoms with Crippen LogP contribution >= 0.6 is 23.2 Å². The van der Waals surface area contributed by atoms with Gasteiger partial charge in [-0.2, -0.15) is 0 Å². The first kappa shape index (κ1) is 23.9. The molecule has 0 saturated carbocycles. The Hall–Kier alpha value is -3.29. The molecule has 0 atom stereocenters. The number of carboxylic acids is 1. The second kappa shape index (κ2) is 9.91. The lowest BCUT2D eigenvalue weighted by Crippen LogP contribution is -2.12. The summed E-state index contributed by atoms with van der Waals surface area (Å²) in [5, 5.41) is 14.6. The number of ether oxygens (including phenoxy) is 1. The fraction of sp³-hybridized carbons (Fsp3) is 0.240. The molecular weight excluding hydrogens is 475 g/mol. The van der Waals surface area contributed by atoms with Gasteiger partial charge in [-0.25, -0.2) is 14.8 Å². The van der Waals surface area contributed by atoms with Gasteiger partial charge in [-0.3, -0.25) is 0 Å². The van der Waals surface area contributed by atoms with E-state index in [1.165, 1.54) is 6.33 Å². The molecule has 0 radical (unpaired) electrons. The number of aromatic carboxylic acids is 1. The molecule has 2 aromatic carbocycles. The first-order valence-corrected chi connectivity index (χ1v) is 11.5. The molecule has 0 fully saturated rings. The summed E-state index contributed by atoms with van der Waals surface area (Å²) in [6.07, 6.45) is 2.02. The van der Waals surface area contributed by atoms with Crippen LogP contribution in [0.2, 0.25) is 10.0 Å². The van der Waals surface area contributed by atoms with Crippen LogP contribution in [-0.4, -0.2) is 39.3 Å². The van der Waals surface area contributed by atoms with E-state index in [0.717, 1.165) is 27.9 Å². The van der Waals surface area contributed by atoms with Crippen molar-refractivity contribution >= 4 is 45.9 Å². The summed E-state index contributed by atoms with van der Waals surface area (Å²) in [6, 6.07) is 11.0. The van der Waals surface area contributed by atoms with E-state index in [-0.39, 0.29) is 10.6 Å². The monoisotopic (exact) mass is 498 g/mol. The lowest BCUT2D eigenvalue weighted by Gasteiger charge is -2.13. The molecule has 9 heteroatoms. The zero-order valence-electron chi connectivity index (χ0n) is 19.0. The predicted molar refractivity (Wildman–Crippen MR) is 136 cm³/mol. The molecule has 0 aliphatic heterocycles. The van der Waals surface area contributed by atoms with E-state index < -0.39 is 5.97 Å². The van der Waals surface area contributed by atoms with Crippen LogP contribution in [0.15, 0.2) is 42.7 Å². The summed E-state index contributed by atoms with van der Waals surface area (Å²) < 4.78 is 7.62. The molecule has 0 bridgehead atoms. The van der Waals surface area contributed by atoms with Gasteiger partial charge in [0.1, 0.15) is 17.9 Å². The molecule has 2 aromatic heterocycles. The molecule has 176 valence electrons. The fourth-order valence-corrected chi connectivity index (χ4v) is 4.73. The summed E-state index contributed by atoms with van der Waals surface area (Å²) in [6.45, 7) is 5.20. The third kappa shape index (κ3) is 4.54. The van der Waals surface area contributed by atoms with Crippen molar-refractivity contribution in [3.05, 3.63) is 69.6 Å². The van der Waals surface area contributed by atoms with Crippen molar-refractivity contribution in [2.75, 3.05) is 19.0 Å². The number of carbonyl (C=O) groups is 1. The fourth-order valence-electron chi connectivity index (χ4n) is 4.14. The number of hydrogen-bond donors (Lipinski definition) is 2. The maximum Gasteiger partial charge on any atom is 0.337 e. The average Bonchev–Trinajstić information content (AvgIpc) is 3.15. The molecule has 0 aliphatic rings. The number of carboxylic acid groups (broad SMARTS) is 1. The molecule has 4 rings (SSSR count). The van der Waals surface area contributed by atoms with Gasteiger partial charge in [-0.15, -0.1) is 0 Å². The van der Waals surface area contributed by atoms with Crippen LogP contribution in [0.1, 0.15) is 28.5 Å².